The van der Waals surface area contributed by atoms with Gasteiger partial charge in [0.15, 0.2) is 12.7 Å². The largest absolute Gasteiger partial charge is 0.337 e. The predicted octanol–water partition coefficient (Wildman–Crippen LogP) is -0.152. The van der Waals surface area contributed by atoms with E-state index in [9.17, 15) is 0 Å². The molecule has 2 aliphatic rings. The van der Waals surface area contributed by atoms with Gasteiger partial charge in [0.1, 0.15) is 25.3 Å². The van der Waals surface area contributed by atoms with Crippen LogP contribution in [0.15, 0.2) is 37.1 Å². The molecule has 2 aromatic heterocycles. The zero-order valence-corrected chi connectivity index (χ0v) is 9.77. The van der Waals surface area contributed by atoms with E-state index in [1.54, 1.807) is 11.0 Å². The van der Waals surface area contributed by atoms with Crippen molar-refractivity contribution in [1.82, 2.24) is 14.8 Å². The Morgan fingerprint density at radius 1 is 1.50 bits per heavy atom. The molecule has 2 atom stereocenters. The Kier molecular flexibility index (Phi) is 2.03. The number of nitrogens with zero attached hydrogens (tertiary/aromatic N) is 4. The van der Waals surface area contributed by atoms with E-state index in [1.807, 2.05) is 18.2 Å². The predicted molar refractivity (Wildman–Crippen MR) is 59.2 cm³/mol. The highest BCUT2D eigenvalue weighted by Crippen LogP contribution is 2.36. The van der Waals surface area contributed by atoms with Crippen LogP contribution in [0.5, 0.6) is 0 Å². The van der Waals surface area contributed by atoms with Gasteiger partial charge in [0, 0.05) is 12.1 Å². The van der Waals surface area contributed by atoms with Gasteiger partial charge in [-0.15, -0.1) is 0 Å². The standard InChI is InChI=1S/C12H13N4O2/c1-2-4-15-5-10-6-17-12(18-10,11(15)3-1)7-16-9-13-8-14-16/h1-4,8-10H,5-7H2/q+1. The molecule has 1 saturated heterocycles. The van der Waals surface area contributed by atoms with Crippen molar-refractivity contribution in [3.63, 3.8) is 0 Å². The Bertz CT molecular complexity index is 571. The van der Waals surface area contributed by atoms with E-state index < -0.39 is 5.79 Å². The van der Waals surface area contributed by atoms with E-state index in [2.05, 4.69) is 20.8 Å². The molecule has 0 saturated carbocycles. The minimum atomic E-state index is -0.724. The number of aromatic nitrogens is 4. The van der Waals surface area contributed by atoms with Crippen LogP contribution >= 0.6 is 0 Å². The minimum Gasteiger partial charge on any atom is -0.337 e. The van der Waals surface area contributed by atoms with Crippen molar-refractivity contribution in [2.24, 2.45) is 0 Å². The van der Waals surface area contributed by atoms with Crippen LogP contribution in [0.2, 0.25) is 0 Å². The van der Waals surface area contributed by atoms with Crippen molar-refractivity contribution in [3.05, 3.63) is 42.7 Å². The summed E-state index contributed by atoms with van der Waals surface area (Å²) in [4.78, 5) is 3.96. The highest BCUT2D eigenvalue weighted by atomic mass is 16.7. The summed E-state index contributed by atoms with van der Waals surface area (Å²) in [5, 5.41) is 4.13. The molecule has 1 fully saturated rings. The summed E-state index contributed by atoms with van der Waals surface area (Å²) in [7, 11) is 0. The van der Waals surface area contributed by atoms with Gasteiger partial charge in [0.25, 0.3) is 5.79 Å². The SMILES string of the molecule is c1cc[n+]2c(c1)C1(Cn3cncn3)OCC(C2)O1. The van der Waals surface area contributed by atoms with Crippen LogP contribution in [0.1, 0.15) is 5.69 Å². The molecule has 0 amide bonds. The number of fused-ring (bicyclic) bond motifs is 4. The smallest absolute Gasteiger partial charge is 0.276 e. The fourth-order valence-corrected chi connectivity index (χ4v) is 2.68. The first-order chi connectivity index (χ1) is 8.86. The Labute approximate surface area is 104 Å². The molecule has 0 aliphatic carbocycles. The van der Waals surface area contributed by atoms with Crippen LogP contribution in [0.4, 0.5) is 0 Å². The Hall–Kier alpha value is -1.79. The molecule has 0 aromatic carbocycles. The van der Waals surface area contributed by atoms with E-state index in [0.717, 1.165) is 12.2 Å². The molecule has 2 bridgehead atoms. The van der Waals surface area contributed by atoms with Crippen molar-refractivity contribution in [2.75, 3.05) is 6.61 Å². The van der Waals surface area contributed by atoms with Gasteiger partial charge in [-0.2, -0.15) is 9.67 Å². The third-order valence-corrected chi connectivity index (χ3v) is 3.43. The maximum atomic E-state index is 6.05. The zero-order valence-electron chi connectivity index (χ0n) is 9.77. The van der Waals surface area contributed by atoms with Crippen molar-refractivity contribution >= 4 is 0 Å². The highest BCUT2D eigenvalue weighted by Gasteiger charge is 2.54. The van der Waals surface area contributed by atoms with E-state index in [1.165, 1.54) is 6.33 Å². The first-order valence-corrected chi connectivity index (χ1v) is 5.99. The molecule has 2 aliphatic heterocycles. The van der Waals surface area contributed by atoms with E-state index >= 15 is 0 Å². The minimum absolute atomic E-state index is 0.119. The summed E-state index contributed by atoms with van der Waals surface area (Å²) in [6.07, 6.45) is 5.38. The lowest BCUT2D eigenvalue weighted by atomic mass is 10.1. The maximum Gasteiger partial charge on any atom is 0.276 e. The van der Waals surface area contributed by atoms with Gasteiger partial charge in [-0.3, -0.25) is 0 Å². The second-order valence-corrected chi connectivity index (χ2v) is 4.64. The quantitative estimate of drug-likeness (QED) is 0.690. The Balaban J connectivity index is 1.80. The number of ether oxygens (including phenoxy) is 2. The Morgan fingerprint density at radius 3 is 3.39 bits per heavy atom. The topological polar surface area (TPSA) is 53.1 Å². The van der Waals surface area contributed by atoms with Crippen molar-refractivity contribution < 1.29 is 14.0 Å². The third kappa shape index (κ3) is 1.39. The fourth-order valence-electron chi connectivity index (χ4n) is 2.68. The monoisotopic (exact) mass is 245 g/mol. The van der Waals surface area contributed by atoms with Gasteiger partial charge in [-0.25, -0.2) is 9.67 Å². The molecule has 0 radical (unpaired) electrons. The fraction of sp³-hybridized carbons (Fsp3) is 0.417. The number of pyridine rings is 1. The second-order valence-electron chi connectivity index (χ2n) is 4.64. The van der Waals surface area contributed by atoms with Gasteiger partial charge in [0.05, 0.1) is 6.61 Å². The summed E-state index contributed by atoms with van der Waals surface area (Å²) >= 11 is 0. The Morgan fingerprint density at radius 2 is 2.50 bits per heavy atom. The maximum absolute atomic E-state index is 6.05. The zero-order chi connectivity index (χ0) is 12.0. The molecule has 0 spiro atoms. The van der Waals surface area contributed by atoms with Crippen LogP contribution in [-0.2, 0) is 28.4 Å². The second kappa shape index (κ2) is 3.60. The number of hydrogen-bond acceptors (Lipinski definition) is 4. The van der Waals surface area contributed by atoms with Crippen LogP contribution < -0.4 is 4.57 Å². The van der Waals surface area contributed by atoms with Gasteiger partial charge in [-0.05, 0) is 6.07 Å². The van der Waals surface area contributed by atoms with Gasteiger partial charge in [0.2, 0.25) is 5.69 Å². The molecule has 0 N–H and O–H groups in total. The van der Waals surface area contributed by atoms with Gasteiger partial charge >= 0.3 is 0 Å². The third-order valence-electron chi connectivity index (χ3n) is 3.43. The normalized spacial score (nSPS) is 29.2. The van der Waals surface area contributed by atoms with Crippen LogP contribution in [0, 0.1) is 0 Å². The summed E-state index contributed by atoms with van der Waals surface area (Å²) in [6.45, 7) is 1.99. The summed E-state index contributed by atoms with van der Waals surface area (Å²) < 4.78 is 15.9. The van der Waals surface area contributed by atoms with E-state index in [4.69, 9.17) is 9.47 Å². The lowest BCUT2D eigenvalue weighted by Crippen LogP contribution is -2.54. The average Bonchev–Trinajstić information content (AvgIpc) is 3.00. The average molecular weight is 245 g/mol. The summed E-state index contributed by atoms with van der Waals surface area (Å²) in [5.74, 6) is -0.724. The van der Waals surface area contributed by atoms with Crippen molar-refractivity contribution in [3.8, 4) is 0 Å². The summed E-state index contributed by atoms with van der Waals surface area (Å²) in [6, 6.07) is 6.07. The number of hydrogen-bond donors (Lipinski definition) is 0. The van der Waals surface area contributed by atoms with Gasteiger partial charge in [-0.1, -0.05) is 0 Å². The first-order valence-electron chi connectivity index (χ1n) is 5.99. The van der Waals surface area contributed by atoms with Crippen LogP contribution in [-0.4, -0.2) is 27.5 Å². The molecule has 92 valence electrons. The molecular weight excluding hydrogens is 232 g/mol. The molecule has 6 nitrogen and oxygen atoms in total. The van der Waals surface area contributed by atoms with Crippen LogP contribution in [0.3, 0.4) is 0 Å². The molecule has 4 rings (SSSR count). The molecule has 2 aromatic rings. The highest BCUT2D eigenvalue weighted by molar-refractivity contribution is 5.08. The van der Waals surface area contributed by atoms with E-state index in [0.29, 0.717) is 13.2 Å². The molecule has 6 heteroatoms. The van der Waals surface area contributed by atoms with Gasteiger partial charge < -0.3 is 9.47 Å². The molecular formula is C12H13N4O2+. The molecule has 4 heterocycles. The van der Waals surface area contributed by atoms with E-state index in [-0.39, 0.29) is 6.10 Å². The summed E-state index contributed by atoms with van der Waals surface area (Å²) in [5.41, 5.74) is 1.04. The molecule has 2 unspecified atom stereocenters. The first kappa shape index (κ1) is 10.2. The lowest BCUT2D eigenvalue weighted by Gasteiger charge is -2.28. The van der Waals surface area contributed by atoms with Crippen molar-refractivity contribution in [1.29, 1.82) is 0 Å². The molecule has 18 heavy (non-hydrogen) atoms. The lowest BCUT2D eigenvalue weighted by molar-refractivity contribution is -0.731. The van der Waals surface area contributed by atoms with Crippen molar-refractivity contribution in [2.45, 2.75) is 25.0 Å². The van der Waals surface area contributed by atoms with Crippen LogP contribution in [0.25, 0.3) is 0 Å². The number of rotatable bonds is 2.